The average molecular weight is 479 g/mol. The Morgan fingerprint density at radius 2 is 1.88 bits per heavy atom. The van der Waals surface area contributed by atoms with Crippen LogP contribution in [0.4, 0.5) is 10.5 Å². The lowest BCUT2D eigenvalue weighted by atomic mass is 10.1. The molecule has 1 radical (unpaired) electrons. The van der Waals surface area contributed by atoms with Crippen LogP contribution in [0.5, 0.6) is 0 Å². The second kappa shape index (κ2) is 8.63. The number of fused-ring (bicyclic) bond motifs is 1. The van der Waals surface area contributed by atoms with Crippen LogP contribution in [0.25, 0.3) is 0 Å². The van der Waals surface area contributed by atoms with Crippen molar-refractivity contribution in [1.29, 1.82) is 0 Å². The van der Waals surface area contributed by atoms with Gasteiger partial charge >= 0.3 is 6.09 Å². The molecule has 0 fully saturated rings. The van der Waals surface area contributed by atoms with Crippen molar-refractivity contribution in [2.45, 2.75) is 50.7 Å². The first-order chi connectivity index (χ1) is 14.8. The number of carbonyl (C=O) groups is 2. The summed E-state index contributed by atoms with van der Waals surface area (Å²) >= 11 is 6.10. The molecule has 171 valence electrons. The lowest BCUT2D eigenvalue weighted by molar-refractivity contribution is 0.0439. The summed E-state index contributed by atoms with van der Waals surface area (Å²) in [5, 5.41) is 1.59. The Bertz CT molecular complexity index is 1160. The summed E-state index contributed by atoms with van der Waals surface area (Å²) in [4.78, 5) is 24.7. The van der Waals surface area contributed by atoms with Gasteiger partial charge in [-0.3, -0.25) is 15.2 Å². The maximum Gasteiger partial charge on any atom is 0.424 e. The monoisotopic (exact) mass is 478 g/mol. The van der Waals surface area contributed by atoms with Crippen molar-refractivity contribution in [3.63, 3.8) is 0 Å². The molecular weight excluding hydrogens is 454 g/mol. The quantitative estimate of drug-likeness (QED) is 0.709. The van der Waals surface area contributed by atoms with Crippen molar-refractivity contribution < 1.29 is 22.7 Å². The van der Waals surface area contributed by atoms with Crippen LogP contribution in [-0.4, -0.2) is 36.4 Å². The van der Waals surface area contributed by atoms with E-state index in [-0.39, 0.29) is 20.9 Å². The highest BCUT2D eigenvalue weighted by atomic mass is 35.5. The molecule has 0 saturated carbocycles. The van der Waals surface area contributed by atoms with Crippen LogP contribution in [0.2, 0.25) is 5.02 Å². The number of hydrogen-bond donors (Lipinski definition) is 1. The van der Waals surface area contributed by atoms with E-state index in [0.717, 1.165) is 23.7 Å². The molecule has 2 amide bonds. The first-order valence-corrected chi connectivity index (χ1v) is 11.7. The summed E-state index contributed by atoms with van der Waals surface area (Å²) in [6, 6.07) is 11.5. The van der Waals surface area contributed by atoms with Gasteiger partial charge < -0.3 is 4.74 Å². The number of sulfonamides is 1. The average Bonchev–Trinajstić information content (AvgIpc) is 3.01. The maximum atomic E-state index is 13.0. The zero-order valence-corrected chi connectivity index (χ0v) is 19.8. The van der Waals surface area contributed by atoms with Crippen molar-refractivity contribution in [3.8, 4) is 0 Å². The zero-order chi connectivity index (χ0) is 23.8. The first kappa shape index (κ1) is 23.9. The molecule has 8 nitrogen and oxygen atoms in total. The molecule has 3 rings (SSSR count). The van der Waals surface area contributed by atoms with E-state index in [0.29, 0.717) is 0 Å². The predicted octanol–water partition coefficient (Wildman–Crippen LogP) is 4.15. The topological polar surface area (TPSA) is 96.0 Å². The van der Waals surface area contributed by atoms with Gasteiger partial charge in [0, 0.05) is 5.56 Å². The number of rotatable bonds is 4. The lowest BCUT2D eigenvalue weighted by Gasteiger charge is -2.26. The van der Waals surface area contributed by atoms with Gasteiger partial charge in [-0.2, -0.15) is 4.31 Å². The van der Waals surface area contributed by atoms with Gasteiger partial charge in [0.15, 0.2) is 0 Å². The second-order valence-corrected chi connectivity index (χ2v) is 10.7. The van der Waals surface area contributed by atoms with E-state index in [4.69, 9.17) is 16.3 Å². The third-order valence-electron chi connectivity index (χ3n) is 4.79. The van der Waals surface area contributed by atoms with Crippen molar-refractivity contribution in [2.24, 2.45) is 0 Å². The van der Waals surface area contributed by atoms with E-state index < -0.39 is 32.5 Å². The smallest absolute Gasteiger partial charge is 0.424 e. The number of nitrogens with zero attached hydrogens (tertiary/aromatic N) is 2. The van der Waals surface area contributed by atoms with Gasteiger partial charge in [0.25, 0.3) is 15.9 Å². The summed E-state index contributed by atoms with van der Waals surface area (Å²) in [5.41, 5.74) is 3.94. The molecule has 10 heteroatoms. The number of carbonyl (C=O) groups excluding carboxylic acids is 2. The van der Waals surface area contributed by atoms with Gasteiger partial charge in [-0.25, -0.2) is 13.2 Å². The minimum Gasteiger partial charge on any atom is -0.443 e. The maximum absolute atomic E-state index is 13.0. The van der Waals surface area contributed by atoms with E-state index in [2.05, 4.69) is 12.5 Å². The molecule has 32 heavy (non-hydrogen) atoms. The first-order valence-electron chi connectivity index (χ1n) is 9.88. The molecule has 0 aliphatic carbocycles. The molecule has 0 aromatic heterocycles. The molecule has 1 heterocycles. The summed E-state index contributed by atoms with van der Waals surface area (Å²) in [6.07, 6.45) is -0.394. The highest BCUT2D eigenvalue weighted by Gasteiger charge is 2.33. The standard InChI is InChI=1S/C22H25ClN3O5S/c1-14-12-15-8-6-7-9-18(15)26(14)24-20(27)16-10-11-17(23)19(13-16)32(29,30)25(5)21(28)31-22(2,3)4/h6-11,13-14H,5,12H2,1-4H3,(H,24,27). The van der Waals surface area contributed by atoms with E-state index in [1.165, 1.54) is 12.1 Å². The van der Waals surface area contributed by atoms with Gasteiger partial charge in [0.05, 0.1) is 23.8 Å². The number of halogens is 1. The van der Waals surface area contributed by atoms with Gasteiger partial charge in [0.2, 0.25) is 0 Å². The molecule has 0 spiro atoms. The molecule has 2 aromatic rings. The number of benzene rings is 2. The van der Waals surface area contributed by atoms with Crippen LogP contribution >= 0.6 is 11.6 Å². The molecule has 0 bridgehead atoms. The molecule has 1 unspecified atom stereocenters. The molecule has 0 saturated heterocycles. The molecule has 1 aliphatic rings. The van der Waals surface area contributed by atoms with Gasteiger partial charge in [-0.1, -0.05) is 29.8 Å². The van der Waals surface area contributed by atoms with E-state index in [1.807, 2.05) is 31.2 Å². The second-order valence-electron chi connectivity index (χ2n) is 8.47. The minimum atomic E-state index is -4.46. The number of hydrogen-bond acceptors (Lipinski definition) is 6. The fourth-order valence-electron chi connectivity index (χ4n) is 3.28. The number of para-hydroxylation sites is 1. The highest BCUT2D eigenvalue weighted by Crippen LogP contribution is 2.31. The SMILES string of the molecule is [CH2]N(C(=O)OC(C)(C)C)S(=O)(=O)c1cc(C(=O)NN2c3ccccc3CC2C)ccc1Cl. The number of nitrogens with one attached hydrogen (secondary N) is 1. The number of ether oxygens (including phenoxy) is 1. The highest BCUT2D eigenvalue weighted by molar-refractivity contribution is 7.89. The Kier molecular flexibility index (Phi) is 6.44. The molecule has 1 N–H and O–H groups in total. The van der Waals surface area contributed by atoms with Crippen molar-refractivity contribution in [2.75, 3.05) is 5.01 Å². The fourth-order valence-corrected chi connectivity index (χ4v) is 4.75. The number of hydrazine groups is 1. The summed E-state index contributed by atoms with van der Waals surface area (Å²) in [7, 11) is -1.15. The Balaban J connectivity index is 1.87. The third kappa shape index (κ3) is 4.83. The third-order valence-corrected chi connectivity index (χ3v) is 6.85. The predicted molar refractivity (Wildman–Crippen MR) is 122 cm³/mol. The largest absolute Gasteiger partial charge is 0.443 e. The van der Waals surface area contributed by atoms with Crippen LogP contribution in [0.3, 0.4) is 0 Å². The lowest BCUT2D eigenvalue weighted by Crippen LogP contribution is -2.45. The van der Waals surface area contributed by atoms with Gasteiger partial charge in [0.1, 0.15) is 10.5 Å². The minimum absolute atomic E-state index is 0.0226. The van der Waals surface area contributed by atoms with Crippen LogP contribution in [-0.2, 0) is 21.2 Å². The van der Waals surface area contributed by atoms with Gasteiger partial charge in [-0.15, -0.1) is 0 Å². The Labute approximate surface area is 193 Å². The van der Waals surface area contributed by atoms with Crippen molar-refractivity contribution in [3.05, 3.63) is 65.7 Å². The van der Waals surface area contributed by atoms with Crippen LogP contribution in [0, 0.1) is 7.05 Å². The molecule has 1 atom stereocenters. The van der Waals surface area contributed by atoms with Gasteiger partial charge in [-0.05, 0) is 63.9 Å². The van der Waals surface area contributed by atoms with Crippen LogP contribution in [0.1, 0.15) is 43.6 Å². The van der Waals surface area contributed by atoms with Crippen LogP contribution in [0.15, 0.2) is 47.4 Å². The summed E-state index contributed by atoms with van der Waals surface area (Å²) in [6.45, 7) is 6.77. The molecular formula is C22H25ClN3O5S. The van der Waals surface area contributed by atoms with Crippen LogP contribution < -0.4 is 10.4 Å². The Morgan fingerprint density at radius 3 is 2.53 bits per heavy atom. The van der Waals surface area contributed by atoms with Crippen molar-refractivity contribution in [1.82, 2.24) is 9.73 Å². The molecule has 1 aliphatic heterocycles. The summed E-state index contributed by atoms with van der Waals surface area (Å²) < 4.78 is 31.2. The Hall–Kier alpha value is -2.78. The van der Waals surface area contributed by atoms with E-state index in [9.17, 15) is 18.0 Å². The zero-order valence-electron chi connectivity index (χ0n) is 18.3. The fraction of sp³-hybridized carbons (Fsp3) is 0.318. The van der Waals surface area contributed by atoms with E-state index >= 15 is 0 Å². The van der Waals surface area contributed by atoms with E-state index in [1.54, 1.807) is 25.8 Å². The number of amides is 2. The number of anilines is 1. The normalized spacial score (nSPS) is 15.8. The molecule has 2 aromatic carbocycles. The Morgan fingerprint density at radius 1 is 1.22 bits per heavy atom. The summed E-state index contributed by atoms with van der Waals surface area (Å²) in [5.74, 6) is -0.519. The van der Waals surface area contributed by atoms with Crippen molar-refractivity contribution >= 4 is 39.3 Å².